The van der Waals surface area contributed by atoms with E-state index in [9.17, 15) is 24.3 Å². The normalized spacial score (nSPS) is 15.6. The minimum absolute atomic E-state index is 0.158. The van der Waals surface area contributed by atoms with Gasteiger partial charge in [-0.2, -0.15) is 0 Å². The Morgan fingerprint density at radius 1 is 0.889 bits per heavy atom. The van der Waals surface area contributed by atoms with E-state index < -0.39 is 46.1 Å². The maximum absolute atomic E-state index is 13.3. The van der Waals surface area contributed by atoms with Gasteiger partial charge in [-0.05, 0) is 30.8 Å². The number of carboxylic acid groups (broad SMARTS) is 1. The smallest absolute Gasteiger partial charge is 0.426 e. The van der Waals surface area contributed by atoms with Crippen molar-refractivity contribution in [1.29, 1.82) is 0 Å². The van der Waals surface area contributed by atoms with Crippen molar-refractivity contribution in [3.63, 3.8) is 0 Å². The fourth-order valence-electron chi connectivity index (χ4n) is 3.99. The van der Waals surface area contributed by atoms with E-state index >= 15 is 0 Å². The molecule has 0 spiro atoms. The van der Waals surface area contributed by atoms with Crippen LogP contribution in [-0.4, -0.2) is 69.5 Å². The minimum Gasteiger partial charge on any atom is -0.481 e. The summed E-state index contributed by atoms with van der Waals surface area (Å²) in [7, 11) is -2.91. The third kappa shape index (κ3) is 14.6. The quantitative estimate of drug-likeness (QED) is 0.173. The zero-order valence-corrected chi connectivity index (χ0v) is 25.2. The molecule has 9 nitrogen and oxygen atoms in total. The number of hydrogen-bond donors (Lipinski definition) is 2. The molecule has 0 aliphatic heterocycles. The van der Waals surface area contributed by atoms with Gasteiger partial charge in [0.05, 0.1) is 13.2 Å². The molecule has 1 saturated carbocycles. The highest BCUT2D eigenvalue weighted by molar-refractivity contribution is 6.76. The molecule has 1 aliphatic rings. The number of carbonyl (C=O) groups excluding carboxylic acids is 3. The summed E-state index contributed by atoms with van der Waals surface area (Å²) in [5, 5.41) is 10.2. The summed E-state index contributed by atoms with van der Waals surface area (Å²) in [6, 6.07) is 0.273. The number of rotatable bonds is 14. The summed E-state index contributed by atoms with van der Waals surface area (Å²) in [6.45, 7) is 13.4. The maximum atomic E-state index is 13.3. The second-order valence-electron chi connectivity index (χ2n) is 12.3. The van der Waals surface area contributed by atoms with Crippen LogP contribution in [0.1, 0.15) is 57.8 Å². The lowest BCUT2D eigenvalue weighted by molar-refractivity contribution is -0.158. The molecule has 1 rings (SSSR count). The zero-order chi connectivity index (χ0) is 27.4. The summed E-state index contributed by atoms with van der Waals surface area (Å²) in [5.41, 5.74) is 2.46. The third-order valence-electron chi connectivity index (χ3n) is 6.37. The first-order valence-electron chi connectivity index (χ1n) is 13.3. The topological polar surface area (TPSA) is 122 Å². The van der Waals surface area contributed by atoms with Crippen molar-refractivity contribution >= 4 is 40.1 Å². The maximum Gasteiger partial charge on any atom is 0.426 e. The van der Waals surface area contributed by atoms with Crippen molar-refractivity contribution in [2.24, 2.45) is 5.92 Å². The van der Waals surface area contributed by atoms with Gasteiger partial charge in [-0.25, -0.2) is 20.0 Å². The second-order valence-corrected chi connectivity index (χ2v) is 23.5. The average molecular weight is 545 g/mol. The molecule has 1 fully saturated rings. The predicted molar refractivity (Wildman–Crippen MR) is 145 cm³/mol. The van der Waals surface area contributed by atoms with Crippen LogP contribution < -0.4 is 5.43 Å². The molecule has 2 amide bonds. The Morgan fingerprint density at radius 3 is 1.97 bits per heavy atom. The summed E-state index contributed by atoms with van der Waals surface area (Å²) >= 11 is 0. The molecule has 0 aromatic heterocycles. The van der Waals surface area contributed by atoms with Gasteiger partial charge < -0.3 is 14.6 Å². The molecule has 2 N–H and O–H groups in total. The lowest BCUT2D eigenvalue weighted by Crippen LogP contribution is -2.55. The highest BCUT2D eigenvalue weighted by Crippen LogP contribution is 2.27. The fraction of sp³-hybridized carbons (Fsp3) is 0.840. The highest BCUT2D eigenvalue weighted by atomic mass is 28.3. The molecule has 0 unspecified atom stereocenters. The summed E-state index contributed by atoms with van der Waals surface area (Å²) in [4.78, 5) is 50.2. The van der Waals surface area contributed by atoms with Gasteiger partial charge in [0.2, 0.25) is 5.91 Å². The number of nitrogens with one attached hydrogen (secondary N) is 1. The number of hydrazine groups is 1. The number of aliphatic carboxylic acids is 1. The van der Waals surface area contributed by atoms with E-state index in [1.54, 1.807) is 0 Å². The Bertz CT molecular complexity index is 729. The molecule has 0 bridgehead atoms. The average Bonchev–Trinajstić information content (AvgIpc) is 2.75. The zero-order valence-electron chi connectivity index (χ0n) is 23.2. The van der Waals surface area contributed by atoms with Crippen LogP contribution in [0.4, 0.5) is 4.79 Å². The van der Waals surface area contributed by atoms with E-state index in [1.807, 2.05) is 0 Å². The van der Waals surface area contributed by atoms with Gasteiger partial charge in [0, 0.05) is 29.0 Å². The van der Waals surface area contributed by atoms with Crippen LogP contribution in [0.25, 0.3) is 0 Å². The van der Waals surface area contributed by atoms with Crippen LogP contribution in [0.15, 0.2) is 0 Å². The molecule has 0 saturated heterocycles. The van der Waals surface area contributed by atoms with Crippen LogP contribution in [0, 0.1) is 5.92 Å². The predicted octanol–water partition coefficient (Wildman–Crippen LogP) is 5.27. The van der Waals surface area contributed by atoms with Crippen LogP contribution in [0.2, 0.25) is 51.4 Å². The van der Waals surface area contributed by atoms with E-state index in [4.69, 9.17) is 9.47 Å². The van der Waals surface area contributed by atoms with Crippen LogP contribution >= 0.6 is 0 Å². The molecule has 0 aromatic carbocycles. The van der Waals surface area contributed by atoms with Gasteiger partial charge >= 0.3 is 18.0 Å². The lowest BCUT2D eigenvalue weighted by atomic mass is 9.86. The van der Waals surface area contributed by atoms with Gasteiger partial charge in [0.15, 0.2) is 6.04 Å². The van der Waals surface area contributed by atoms with Gasteiger partial charge in [-0.1, -0.05) is 71.4 Å². The van der Waals surface area contributed by atoms with Crippen LogP contribution in [-0.2, 0) is 23.9 Å². The Kier molecular flexibility index (Phi) is 13.7. The summed E-state index contributed by atoms with van der Waals surface area (Å²) < 4.78 is 10.8. The SMILES string of the molecule is C[Si](C)(C)CCOC(=O)NN(C(=O)CCC1CCCCC1)[C@@H](CCC(=O)O)C(=O)OCC[Si](C)(C)C. The van der Waals surface area contributed by atoms with Crippen molar-refractivity contribution in [1.82, 2.24) is 10.4 Å². The molecule has 1 atom stereocenters. The minimum atomic E-state index is -1.47. The number of carboxylic acids is 1. The molecule has 0 radical (unpaired) electrons. The molecule has 36 heavy (non-hydrogen) atoms. The third-order valence-corrected chi connectivity index (χ3v) is 9.78. The Labute approximate surface area is 218 Å². The first-order valence-corrected chi connectivity index (χ1v) is 20.7. The first kappa shape index (κ1) is 32.1. The number of esters is 1. The van der Waals surface area contributed by atoms with E-state index in [0.29, 0.717) is 12.3 Å². The number of amides is 2. The second kappa shape index (κ2) is 15.4. The molecule has 0 heterocycles. The van der Waals surface area contributed by atoms with Crippen molar-refractivity contribution in [2.75, 3.05) is 13.2 Å². The van der Waals surface area contributed by atoms with E-state index in [1.165, 1.54) is 6.42 Å². The Hall–Kier alpha value is -1.89. The molecule has 208 valence electrons. The monoisotopic (exact) mass is 544 g/mol. The Morgan fingerprint density at radius 2 is 1.44 bits per heavy atom. The van der Waals surface area contributed by atoms with E-state index in [-0.39, 0.29) is 32.5 Å². The van der Waals surface area contributed by atoms with E-state index in [0.717, 1.165) is 42.8 Å². The fourth-order valence-corrected chi connectivity index (χ4v) is 5.41. The number of hydrogen-bond acceptors (Lipinski definition) is 6. The summed E-state index contributed by atoms with van der Waals surface area (Å²) in [6.07, 6.45) is 5.14. The molecular formula is C25H48N2O7Si2. The summed E-state index contributed by atoms with van der Waals surface area (Å²) in [5.74, 6) is -1.79. The van der Waals surface area contributed by atoms with E-state index in [2.05, 4.69) is 44.7 Å². The van der Waals surface area contributed by atoms with Crippen LogP contribution in [0.3, 0.4) is 0 Å². The highest BCUT2D eigenvalue weighted by Gasteiger charge is 2.34. The lowest BCUT2D eigenvalue weighted by Gasteiger charge is -2.31. The molecule has 11 heteroatoms. The molecule has 1 aliphatic carbocycles. The number of ether oxygens (including phenoxy) is 2. The molecular weight excluding hydrogens is 496 g/mol. The molecule has 0 aromatic rings. The van der Waals surface area contributed by atoms with Crippen LogP contribution in [0.5, 0.6) is 0 Å². The van der Waals surface area contributed by atoms with Crippen molar-refractivity contribution in [3.8, 4) is 0 Å². The van der Waals surface area contributed by atoms with Gasteiger partial charge in [-0.3, -0.25) is 9.59 Å². The van der Waals surface area contributed by atoms with Crippen molar-refractivity contribution in [3.05, 3.63) is 0 Å². The van der Waals surface area contributed by atoms with Gasteiger partial charge in [0.1, 0.15) is 0 Å². The van der Waals surface area contributed by atoms with Crippen molar-refractivity contribution in [2.45, 2.75) is 115 Å². The Balaban J connectivity index is 2.99. The van der Waals surface area contributed by atoms with Crippen molar-refractivity contribution < 1.29 is 33.8 Å². The standard InChI is InChI=1S/C25H48N2O7Si2/c1-35(2,3)18-16-33-24(31)21(13-15-23(29)30)27(26-25(32)34-17-19-36(4,5)6)22(28)14-12-20-10-8-7-9-11-20/h20-21H,7-19H2,1-6H3,(H,26,32)(H,29,30)/t21-/m0/s1. The number of nitrogens with zero attached hydrogens (tertiary/aromatic N) is 1. The first-order chi connectivity index (χ1) is 16.7. The van der Waals surface area contributed by atoms with Gasteiger partial charge in [0.25, 0.3) is 0 Å². The number of carbonyl (C=O) groups is 4. The largest absolute Gasteiger partial charge is 0.481 e. The van der Waals surface area contributed by atoms with Gasteiger partial charge in [-0.15, -0.1) is 0 Å².